The number of hydrogen-bond donors (Lipinski definition) is 3. The van der Waals surface area contributed by atoms with Crippen LogP contribution in [0.15, 0.2) is 30.5 Å². The molecule has 3 N–H and O–H groups in total. The summed E-state index contributed by atoms with van der Waals surface area (Å²) in [7, 11) is 0. The van der Waals surface area contributed by atoms with E-state index in [0.717, 1.165) is 42.1 Å². The van der Waals surface area contributed by atoms with Crippen LogP contribution in [0, 0.1) is 23.2 Å². The van der Waals surface area contributed by atoms with Crippen molar-refractivity contribution in [1.82, 2.24) is 10.3 Å². The zero-order valence-electron chi connectivity index (χ0n) is 15.4. The van der Waals surface area contributed by atoms with E-state index >= 15 is 0 Å². The average molecular weight is 366 g/mol. The van der Waals surface area contributed by atoms with Crippen LogP contribution in [0.25, 0.3) is 10.9 Å². The van der Waals surface area contributed by atoms with Crippen molar-refractivity contribution in [3.63, 3.8) is 0 Å². The smallest absolute Gasteiger partial charge is 0.326 e. The molecule has 142 valence electrons. The normalized spacial score (nSPS) is 32.5. The molecular weight excluding hydrogens is 340 g/mol. The number of aromatic nitrogens is 1. The number of amides is 1. The van der Waals surface area contributed by atoms with Crippen molar-refractivity contribution in [2.75, 3.05) is 0 Å². The van der Waals surface area contributed by atoms with E-state index in [1.54, 1.807) is 0 Å². The number of hydrogen-bond acceptors (Lipinski definition) is 2. The average Bonchev–Trinajstić information content (AvgIpc) is 3.12. The number of aliphatic carboxylic acids is 1. The van der Waals surface area contributed by atoms with Crippen LogP contribution in [-0.2, 0) is 16.0 Å². The highest BCUT2D eigenvalue weighted by molar-refractivity contribution is 5.89. The summed E-state index contributed by atoms with van der Waals surface area (Å²) in [6.45, 7) is 0. The molecular formula is C22H26N2O3. The van der Waals surface area contributed by atoms with Gasteiger partial charge in [0.05, 0.1) is 5.41 Å². The lowest BCUT2D eigenvalue weighted by Gasteiger charge is -2.44. The van der Waals surface area contributed by atoms with Gasteiger partial charge in [-0.3, -0.25) is 4.79 Å². The van der Waals surface area contributed by atoms with E-state index in [-0.39, 0.29) is 11.3 Å². The molecule has 1 aromatic carbocycles. The van der Waals surface area contributed by atoms with E-state index in [2.05, 4.69) is 10.3 Å². The van der Waals surface area contributed by atoms with Gasteiger partial charge in [0, 0.05) is 23.5 Å². The molecule has 1 amide bonds. The molecule has 0 spiro atoms. The van der Waals surface area contributed by atoms with Crippen LogP contribution < -0.4 is 5.32 Å². The SMILES string of the molecule is O=C(O)[C@H](Cc1c[nH]c2ccccc12)NC(=O)[C@]12C[C@@H]3CC[C@@H]1C[C@@H](C3)C2. The highest BCUT2D eigenvalue weighted by Crippen LogP contribution is 2.62. The number of aromatic amines is 1. The molecule has 2 aromatic rings. The summed E-state index contributed by atoms with van der Waals surface area (Å²) in [6, 6.07) is 6.98. The van der Waals surface area contributed by atoms with Crippen LogP contribution in [0.1, 0.15) is 44.1 Å². The summed E-state index contributed by atoms with van der Waals surface area (Å²) in [5.41, 5.74) is 1.62. The van der Waals surface area contributed by atoms with Gasteiger partial charge in [-0.05, 0) is 61.5 Å². The van der Waals surface area contributed by atoms with E-state index < -0.39 is 12.0 Å². The van der Waals surface area contributed by atoms with Gasteiger partial charge in [0.15, 0.2) is 0 Å². The minimum atomic E-state index is -0.958. The van der Waals surface area contributed by atoms with Gasteiger partial charge in [0.25, 0.3) is 0 Å². The first-order valence-corrected chi connectivity index (χ1v) is 10.1. The quantitative estimate of drug-likeness (QED) is 0.757. The summed E-state index contributed by atoms with van der Waals surface area (Å²) in [4.78, 5) is 28.4. The predicted molar refractivity (Wildman–Crippen MR) is 102 cm³/mol. The lowest BCUT2D eigenvalue weighted by molar-refractivity contribution is -0.146. The Morgan fingerprint density at radius 1 is 1.19 bits per heavy atom. The number of carboxylic acid groups (broad SMARTS) is 1. The van der Waals surface area contributed by atoms with Gasteiger partial charge in [-0.1, -0.05) is 24.6 Å². The van der Waals surface area contributed by atoms with Crippen molar-refractivity contribution in [3.8, 4) is 0 Å². The van der Waals surface area contributed by atoms with Gasteiger partial charge in [-0.25, -0.2) is 4.79 Å². The van der Waals surface area contributed by atoms with Crippen LogP contribution in [0.4, 0.5) is 0 Å². The van der Waals surface area contributed by atoms with Gasteiger partial charge in [-0.15, -0.1) is 0 Å². The number of nitrogens with one attached hydrogen (secondary N) is 2. The molecule has 0 aliphatic heterocycles. The Bertz CT molecular complexity index is 904. The lowest BCUT2D eigenvalue weighted by atomic mass is 9.61. The summed E-state index contributed by atoms with van der Waals surface area (Å²) < 4.78 is 0. The second-order valence-corrected chi connectivity index (χ2v) is 8.97. The highest BCUT2D eigenvalue weighted by atomic mass is 16.4. The highest BCUT2D eigenvalue weighted by Gasteiger charge is 2.58. The molecule has 3 saturated carbocycles. The molecule has 5 nitrogen and oxygen atoms in total. The van der Waals surface area contributed by atoms with E-state index in [9.17, 15) is 14.7 Å². The van der Waals surface area contributed by atoms with Crippen molar-refractivity contribution in [2.45, 2.75) is 51.0 Å². The largest absolute Gasteiger partial charge is 0.480 e. The van der Waals surface area contributed by atoms with Crippen molar-refractivity contribution in [3.05, 3.63) is 36.0 Å². The fourth-order valence-corrected chi connectivity index (χ4v) is 6.34. The first-order valence-electron chi connectivity index (χ1n) is 10.1. The fraction of sp³-hybridized carbons (Fsp3) is 0.545. The Labute approximate surface area is 158 Å². The molecule has 0 unspecified atom stereocenters. The topological polar surface area (TPSA) is 82.2 Å². The molecule has 5 atom stereocenters. The third-order valence-electron chi connectivity index (χ3n) is 7.45. The van der Waals surface area contributed by atoms with E-state index in [4.69, 9.17) is 0 Å². The third kappa shape index (κ3) is 2.67. The molecule has 27 heavy (non-hydrogen) atoms. The zero-order valence-corrected chi connectivity index (χ0v) is 15.4. The second-order valence-electron chi connectivity index (χ2n) is 8.97. The molecule has 0 radical (unpaired) electrons. The Balaban J connectivity index is 1.37. The Kier molecular flexibility index (Phi) is 3.81. The van der Waals surface area contributed by atoms with Gasteiger partial charge in [0.2, 0.25) is 5.91 Å². The number of carbonyl (C=O) groups is 2. The van der Waals surface area contributed by atoms with Crippen LogP contribution in [-0.4, -0.2) is 28.0 Å². The molecule has 5 rings (SSSR count). The number of rotatable bonds is 5. The van der Waals surface area contributed by atoms with Gasteiger partial charge in [0.1, 0.15) is 6.04 Å². The number of para-hydroxylation sites is 1. The summed E-state index contributed by atoms with van der Waals surface area (Å²) in [5.74, 6) is 0.806. The minimum Gasteiger partial charge on any atom is -0.480 e. The number of carboxylic acids is 1. The monoisotopic (exact) mass is 366 g/mol. The van der Waals surface area contributed by atoms with Crippen LogP contribution >= 0.6 is 0 Å². The van der Waals surface area contributed by atoms with Gasteiger partial charge in [-0.2, -0.15) is 0 Å². The predicted octanol–water partition coefficient (Wildman–Crippen LogP) is 3.50. The number of benzene rings is 1. The minimum absolute atomic E-state index is 0.00774. The van der Waals surface area contributed by atoms with Gasteiger partial charge < -0.3 is 15.4 Å². The Morgan fingerprint density at radius 2 is 2.00 bits per heavy atom. The number of carbonyl (C=O) groups excluding carboxylic acids is 1. The third-order valence-corrected chi connectivity index (χ3v) is 7.45. The van der Waals surface area contributed by atoms with E-state index in [1.165, 1.54) is 12.8 Å². The van der Waals surface area contributed by atoms with E-state index in [0.29, 0.717) is 24.2 Å². The fourth-order valence-electron chi connectivity index (χ4n) is 6.34. The molecule has 0 saturated heterocycles. The van der Waals surface area contributed by atoms with Crippen LogP contribution in [0.5, 0.6) is 0 Å². The van der Waals surface area contributed by atoms with Crippen molar-refractivity contribution in [1.29, 1.82) is 0 Å². The first kappa shape index (κ1) is 16.8. The lowest BCUT2D eigenvalue weighted by Crippen LogP contribution is -2.53. The molecule has 1 heterocycles. The molecule has 3 aliphatic carbocycles. The maximum atomic E-state index is 13.3. The summed E-state index contributed by atoms with van der Waals surface area (Å²) in [5, 5.41) is 13.7. The Hall–Kier alpha value is -2.30. The molecule has 1 aromatic heterocycles. The maximum absolute atomic E-state index is 13.3. The second kappa shape index (κ2) is 6.11. The van der Waals surface area contributed by atoms with Crippen molar-refractivity contribution in [2.24, 2.45) is 23.2 Å². The van der Waals surface area contributed by atoms with Crippen LogP contribution in [0.2, 0.25) is 0 Å². The van der Waals surface area contributed by atoms with E-state index in [1.807, 2.05) is 30.5 Å². The first-order chi connectivity index (χ1) is 13.0. The van der Waals surface area contributed by atoms with Crippen molar-refractivity contribution >= 4 is 22.8 Å². The summed E-state index contributed by atoms with van der Waals surface area (Å²) >= 11 is 0. The van der Waals surface area contributed by atoms with Crippen LogP contribution in [0.3, 0.4) is 0 Å². The molecule has 5 heteroatoms. The number of H-pyrrole nitrogens is 1. The molecule has 3 bridgehead atoms. The molecule has 3 fully saturated rings. The number of fused-ring (bicyclic) bond motifs is 3. The van der Waals surface area contributed by atoms with Crippen molar-refractivity contribution < 1.29 is 14.7 Å². The van der Waals surface area contributed by atoms with Gasteiger partial charge >= 0.3 is 5.97 Å². The molecule has 3 aliphatic rings. The standard InChI is InChI=1S/C22H26N2O3/c25-20(26)19(9-15-12-23-18-4-2-1-3-17(15)18)24-21(27)22-10-13-5-6-16(22)8-14(7-13)11-22/h1-4,12-14,16,19,23H,5-11H2,(H,24,27)(H,25,26)/t13-,14-,16-,19+,22+/m1/s1. The summed E-state index contributed by atoms with van der Waals surface area (Å²) in [6.07, 6.45) is 8.88. The zero-order chi connectivity index (χ0) is 18.6. The Morgan fingerprint density at radius 3 is 2.85 bits per heavy atom. The maximum Gasteiger partial charge on any atom is 0.326 e.